The summed E-state index contributed by atoms with van der Waals surface area (Å²) in [6, 6.07) is 5.03. The molecule has 82 valence electrons. The number of carbonyl (C=O) groups is 1. The van der Waals surface area contributed by atoms with Crippen molar-refractivity contribution in [1.29, 1.82) is 0 Å². The quantitative estimate of drug-likeness (QED) is 0.449. The minimum atomic E-state index is -0.608. The maximum atomic E-state index is 11.6. The van der Waals surface area contributed by atoms with Gasteiger partial charge in [0.2, 0.25) is 0 Å². The van der Waals surface area contributed by atoms with Crippen LogP contribution in [-0.4, -0.2) is 5.78 Å². The van der Waals surface area contributed by atoms with E-state index in [9.17, 15) is 9.59 Å². The summed E-state index contributed by atoms with van der Waals surface area (Å²) in [5, 5.41) is 0.735. The molecule has 16 heavy (non-hydrogen) atoms. The first-order valence-electron chi connectivity index (χ1n) is 4.84. The molecule has 2 N–H and O–H groups in total. The Morgan fingerprint density at radius 2 is 2.06 bits per heavy atom. The first-order valence-corrected chi connectivity index (χ1v) is 4.84. The maximum absolute atomic E-state index is 11.6. The van der Waals surface area contributed by atoms with Gasteiger partial charge < -0.3 is 10.2 Å². The first-order chi connectivity index (χ1) is 7.50. The number of fused-ring (bicyclic) bond motifs is 1. The minimum Gasteiger partial charge on any atom is -0.422 e. The molecule has 1 heterocycles. The second kappa shape index (κ2) is 3.48. The van der Waals surface area contributed by atoms with E-state index in [0.29, 0.717) is 16.8 Å². The van der Waals surface area contributed by atoms with E-state index in [-0.39, 0.29) is 11.3 Å². The lowest BCUT2D eigenvalue weighted by atomic mass is 10.0. The van der Waals surface area contributed by atoms with Crippen molar-refractivity contribution in [2.24, 2.45) is 0 Å². The summed E-state index contributed by atoms with van der Waals surface area (Å²) in [5.41, 5.74) is 6.66. The third-order valence-corrected chi connectivity index (χ3v) is 2.54. The molecule has 0 aliphatic carbocycles. The number of Topliss-reactive ketones (excluding diaryl/α,β-unsaturated/α-hetero) is 1. The van der Waals surface area contributed by atoms with E-state index < -0.39 is 5.63 Å². The fourth-order valence-electron chi connectivity index (χ4n) is 1.78. The lowest BCUT2D eigenvalue weighted by molar-refractivity contribution is 0.101. The van der Waals surface area contributed by atoms with Gasteiger partial charge in [-0.3, -0.25) is 4.79 Å². The van der Waals surface area contributed by atoms with Crippen molar-refractivity contribution in [2.45, 2.75) is 13.8 Å². The van der Waals surface area contributed by atoms with Crippen molar-refractivity contribution in [3.8, 4) is 0 Å². The predicted molar refractivity (Wildman–Crippen MR) is 61.6 cm³/mol. The summed E-state index contributed by atoms with van der Waals surface area (Å²) >= 11 is 0. The van der Waals surface area contributed by atoms with Crippen LogP contribution in [0.5, 0.6) is 0 Å². The van der Waals surface area contributed by atoms with Crippen LogP contribution in [0.1, 0.15) is 22.8 Å². The van der Waals surface area contributed by atoms with Crippen molar-refractivity contribution in [2.75, 3.05) is 5.73 Å². The predicted octanol–water partition coefficient (Wildman–Crippen LogP) is 1.89. The van der Waals surface area contributed by atoms with Crippen LogP contribution in [0.4, 0.5) is 5.69 Å². The van der Waals surface area contributed by atoms with E-state index in [1.54, 1.807) is 25.1 Å². The number of nitrogen functional groups attached to an aromatic ring is 1. The maximum Gasteiger partial charge on any atom is 0.347 e. The van der Waals surface area contributed by atoms with Gasteiger partial charge in [0.15, 0.2) is 5.78 Å². The largest absolute Gasteiger partial charge is 0.422 e. The summed E-state index contributed by atoms with van der Waals surface area (Å²) in [4.78, 5) is 22.9. The van der Waals surface area contributed by atoms with Crippen LogP contribution in [0.3, 0.4) is 0 Å². The van der Waals surface area contributed by atoms with E-state index >= 15 is 0 Å². The van der Waals surface area contributed by atoms with Gasteiger partial charge in [-0.2, -0.15) is 0 Å². The molecule has 0 unspecified atom stereocenters. The zero-order valence-electron chi connectivity index (χ0n) is 9.03. The number of rotatable bonds is 1. The Balaban J connectivity index is 2.94. The summed E-state index contributed by atoms with van der Waals surface area (Å²) in [5.74, 6) is -0.287. The van der Waals surface area contributed by atoms with Crippen molar-refractivity contribution in [3.05, 3.63) is 39.7 Å². The Morgan fingerprint density at radius 1 is 1.38 bits per heavy atom. The molecule has 0 atom stereocenters. The van der Waals surface area contributed by atoms with E-state index in [0.717, 1.165) is 5.39 Å². The monoisotopic (exact) mass is 217 g/mol. The van der Waals surface area contributed by atoms with Crippen molar-refractivity contribution in [1.82, 2.24) is 0 Å². The number of carbonyl (C=O) groups excluding carboxylic acids is 1. The molecular formula is C12H11NO3. The number of ketones is 1. The number of nitrogens with two attached hydrogens (primary N) is 1. The molecule has 0 bridgehead atoms. The normalized spacial score (nSPS) is 10.6. The molecule has 0 aliphatic heterocycles. The first kappa shape index (κ1) is 10.4. The number of aryl methyl sites for hydroxylation is 1. The number of hydrogen-bond acceptors (Lipinski definition) is 4. The molecule has 0 saturated heterocycles. The van der Waals surface area contributed by atoms with Crippen LogP contribution in [0.25, 0.3) is 11.0 Å². The topological polar surface area (TPSA) is 73.3 Å². The summed E-state index contributed by atoms with van der Waals surface area (Å²) < 4.78 is 5.06. The van der Waals surface area contributed by atoms with Crippen LogP contribution in [0, 0.1) is 6.92 Å². The smallest absolute Gasteiger partial charge is 0.347 e. The third kappa shape index (κ3) is 1.48. The van der Waals surface area contributed by atoms with E-state index in [2.05, 4.69) is 0 Å². The lowest BCUT2D eigenvalue weighted by Gasteiger charge is -2.05. The minimum absolute atomic E-state index is 0.109. The van der Waals surface area contributed by atoms with E-state index in [1.165, 1.54) is 6.92 Å². The Labute approximate surface area is 91.7 Å². The summed E-state index contributed by atoms with van der Waals surface area (Å²) in [7, 11) is 0. The van der Waals surface area contributed by atoms with Crippen LogP contribution in [0.15, 0.2) is 27.4 Å². The molecule has 2 rings (SSSR count). The standard InChI is InChI=1S/C12H11NO3/c1-6-9-4-3-8(13)5-10(9)16-12(15)11(6)7(2)14/h3-5H,13H2,1-2H3. The van der Waals surface area contributed by atoms with Crippen LogP contribution >= 0.6 is 0 Å². The van der Waals surface area contributed by atoms with Crippen LogP contribution in [0.2, 0.25) is 0 Å². The average Bonchev–Trinajstić information content (AvgIpc) is 2.15. The van der Waals surface area contributed by atoms with Gasteiger partial charge in [0, 0.05) is 17.1 Å². The molecule has 0 fully saturated rings. The molecule has 0 saturated carbocycles. The Morgan fingerprint density at radius 3 is 2.69 bits per heavy atom. The molecule has 4 heteroatoms. The van der Waals surface area contributed by atoms with Gasteiger partial charge in [0.25, 0.3) is 0 Å². The molecule has 0 radical (unpaired) electrons. The van der Waals surface area contributed by atoms with Crippen molar-refractivity contribution < 1.29 is 9.21 Å². The number of anilines is 1. The number of benzene rings is 1. The van der Waals surface area contributed by atoms with Gasteiger partial charge in [-0.15, -0.1) is 0 Å². The Kier molecular flexibility index (Phi) is 2.27. The molecule has 0 amide bonds. The van der Waals surface area contributed by atoms with Gasteiger partial charge in [-0.1, -0.05) is 0 Å². The van der Waals surface area contributed by atoms with Crippen molar-refractivity contribution >= 4 is 22.4 Å². The highest BCUT2D eigenvalue weighted by molar-refractivity contribution is 5.99. The Hall–Kier alpha value is -2.10. The highest BCUT2D eigenvalue weighted by atomic mass is 16.4. The molecule has 1 aromatic carbocycles. The van der Waals surface area contributed by atoms with Crippen LogP contribution < -0.4 is 11.4 Å². The van der Waals surface area contributed by atoms with Gasteiger partial charge in [-0.25, -0.2) is 4.79 Å². The zero-order valence-corrected chi connectivity index (χ0v) is 9.03. The fraction of sp³-hybridized carbons (Fsp3) is 0.167. The Bertz CT molecular complexity index is 640. The van der Waals surface area contributed by atoms with Gasteiger partial charge in [0.05, 0.1) is 0 Å². The van der Waals surface area contributed by atoms with E-state index in [4.69, 9.17) is 10.2 Å². The summed E-state index contributed by atoms with van der Waals surface area (Å²) in [6.45, 7) is 3.08. The molecular weight excluding hydrogens is 206 g/mol. The molecule has 0 spiro atoms. The lowest BCUT2D eigenvalue weighted by Crippen LogP contribution is -2.14. The van der Waals surface area contributed by atoms with E-state index in [1.807, 2.05) is 0 Å². The van der Waals surface area contributed by atoms with Gasteiger partial charge in [-0.05, 0) is 31.5 Å². The van der Waals surface area contributed by atoms with Crippen LogP contribution in [-0.2, 0) is 0 Å². The molecule has 0 aliphatic rings. The fourth-order valence-corrected chi connectivity index (χ4v) is 1.78. The highest BCUT2D eigenvalue weighted by Gasteiger charge is 2.14. The third-order valence-electron chi connectivity index (χ3n) is 2.54. The van der Waals surface area contributed by atoms with Gasteiger partial charge in [0.1, 0.15) is 11.1 Å². The SMILES string of the molecule is CC(=O)c1c(C)c2ccc(N)cc2oc1=O. The van der Waals surface area contributed by atoms with Gasteiger partial charge >= 0.3 is 5.63 Å². The zero-order chi connectivity index (χ0) is 11.9. The second-order valence-corrected chi connectivity index (χ2v) is 3.70. The molecule has 1 aromatic heterocycles. The average molecular weight is 217 g/mol. The second-order valence-electron chi connectivity index (χ2n) is 3.70. The molecule has 4 nitrogen and oxygen atoms in total. The molecule has 2 aromatic rings. The highest BCUT2D eigenvalue weighted by Crippen LogP contribution is 2.21. The number of hydrogen-bond donors (Lipinski definition) is 1. The van der Waals surface area contributed by atoms with Crippen molar-refractivity contribution in [3.63, 3.8) is 0 Å². The summed E-state index contributed by atoms with van der Waals surface area (Å²) in [6.07, 6.45) is 0.